The molecule has 4 nitrogen and oxygen atoms in total. The average molecular weight is 376 g/mol. The van der Waals surface area contributed by atoms with Gasteiger partial charge in [-0.3, -0.25) is 4.79 Å². The largest absolute Gasteiger partial charge is 0.502 e. The van der Waals surface area contributed by atoms with Crippen LogP contribution in [0.5, 0.6) is 0 Å². The smallest absolute Gasteiger partial charge is 0.311 e. The molecule has 0 fully saturated rings. The van der Waals surface area contributed by atoms with Crippen molar-refractivity contribution in [3.05, 3.63) is 37.6 Å². The Morgan fingerprint density at radius 3 is 2.56 bits per heavy atom. The Kier molecular flexibility index (Phi) is 14.0. The molecule has 0 aromatic carbocycles. The maximum Gasteiger partial charge on any atom is 0.311 e. The van der Waals surface area contributed by atoms with E-state index in [9.17, 15) is 10.1 Å². The number of nitriles is 1. The van der Waals surface area contributed by atoms with Crippen LogP contribution in [0.3, 0.4) is 0 Å². The van der Waals surface area contributed by atoms with Crippen LogP contribution in [0.4, 0.5) is 0 Å². The molecule has 0 N–H and O–H groups in total. The fraction of sp³-hybridized carbons (Fsp3) is 0.652. The van der Waals surface area contributed by atoms with Gasteiger partial charge in [0.2, 0.25) is 0 Å². The summed E-state index contributed by atoms with van der Waals surface area (Å²) in [6, 6.07) is 2.35. The molecular weight excluding hydrogens is 338 g/mol. The van der Waals surface area contributed by atoms with Crippen molar-refractivity contribution in [1.82, 2.24) is 0 Å². The molecule has 152 valence electrons. The highest BCUT2D eigenvalue weighted by Crippen LogP contribution is 2.33. The van der Waals surface area contributed by atoms with Gasteiger partial charge in [0.1, 0.15) is 0 Å². The Bertz CT molecular complexity index is 506. The molecule has 0 aliphatic heterocycles. The minimum absolute atomic E-state index is 0.184. The van der Waals surface area contributed by atoms with Crippen molar-refractivity contribution in [3.8, 4) is 6.07 Å². The molecule has 0 rings (SSSR count). The van der Waals surface area contributed by atoms with E-state index in [1.165, 1.54) is 6.26 Å². The van der Waals surface area contributed by atoms with Crippen molar-refractivity contribution in [3.63, 3.8) is 0 Å². The molecule has 0 amide bonds. The molecule has 0 aliphatic rings. The Hall–Kier alpha value is -2.02. The van der Waals surface area contributed by atoms with Gasteiger partial charge in [-0.2, -0.15) is 5.26 Å². The molecule has 3 atom stereocenters. The van der Waals surface area contributed by atoms with Crippen LogP contribution in [0.15, 0.2) is 37.6 Å². The Balaban J connectivity index is 4.40. The summed E-state index contributed by atoms with van der Waals surface area (Å²) in [6.45, 7) is 14.3. The van der Waals surface area contributed by atoms with Gasteiger partial charge in [0, 0.05) is 0 Å². The number of carbonyl (C=O) groups excluding carboxylic acids is 1. The van der Waals surface area contributed by atoms with Gasteiger partial charge in [0.05, 0.1) is 36.9 Å². The van der Waals surface area contributed by atoms with Crippen molar-refractivity contribution in [1.29, 1.82) is 5.26 Å². The van der Waals surface area contributed by atoms with E-state index in [1.54, 1.807) is 0 Å². The molecule has 0 saturated heterocycles. The highest BCUT2D eigenvalue weighted by molar-refractivity contribution is 5.76. The number of nitrogens with zero attached hydrogens (tertiary/aromatic N) is 1. The summed E-state index contributed by atoms with van der Waals surface area (Å²) < 4.78 is 10.5. The Morgan fingerprint density at radius 1 is 1.26 bits per heavy atom. The van der Waals surface area contributed by atoms with Gasteiger partial charge >= 0.3 is 5.97 Å². The van der Waals surface area contributed by atoms with Crippen LogP contribution in [0.2, 0.25) is 0 Å². The first-order chi connectivity index (χ1) is 12.9. The number of allylic oxidation sites excluding steroid dienone is 3. The maximum absolute atomic E-state index is 12.5. The third-order valence-corrected chi connectivity index (χ3v) is 4.94. The zero-order valence-electron chi connectivity index (χ0n) is 17.4. The molecule has 3 unspecified atom stereocenters. The Morgan fingerprint density at radius 2 is 1.96 bits per heavy atom. The van der Waals surface area contributed by atoms with Gasteiger partial charge < -0.3 is 9.47 Å². The lowest BCUT2D eigenvalue weighted by molar-refractivity contribution is -0.156. The molecule has 0 heterocycles. The zero-order chi connectivity index (χ0) is 20.5. The second-order valence-electron chi connectivity index (χ2n) is 7.32. The lowest BCUT2D eigenvalue weighted by Gasteiger charge is -2.27. The van der Waals surface area contributed by atoms with Crippen LogP contribution in [-0.2, 0) is 14.3 Å². The first-order valence-corrected chi connectivity index (χ1v) is 10.00. The second kappa shape index (κ2) is 15.1. The van der Waals surface area contributed by atoms with E-state index in [0.29, 0.717) is 38.4 Å². The standard InChI is InChI=1S/C23H37NO3/c1-6-20(4)14-10-9-11-15-21(19-24)18-23(5,7-2)22(25)27-17-13-12-16-26-8-3/h6,8-9,11,20-21H,1,3,7,10,12-18H2,2,4-5H3. The molecular formula is C23H37NO3. The van der Waals surface area contributed by atoms with E-state index in [4.69, 9.17) is 9.47 Å². The predicted molar refractivity (Wildman–Crippen MR) is 111 cm³/mol. The van der Waals surface area contributed by atoms with Gasteiger partial charge in [-0.15, -0.1) is 6.58 Å². The highest BCUT2D eigenvalue weighted by Gasteiger charge is 2.35. The zero-order valence-corrected chi connectivity index (χ0v) is 17.4. The number of hydrogen-bond donors (Lipinski definition) is 0. The number of carbonyl (C=O) groups is 1. The summed E-state index contributed by atoms with van der Waals surface area (Å²) in [5.74, 6) is 0.109. The molecule has 4 heteroatoms. The monoisotopic (exact) mass is 375 g/mol. The number of unbranched alkanes of at least 4 members (excludes halogenated alkanes) is 1. The summed E-state index contributed by atoms with van der Waals surface area (Å²) in [5.41, 5.74) is -0.622. The molecule has 0 spiro atoms. The van der Waals surface area contributed by atoms with Crippen LogP contribution in [0.25, 0.3) is 0 Å². The van der Waals surface area contributed by atoms with Crippen LogP contribution >= 0.6 is 0 Å². The molecule has 0 saturated carbocycles. The van der Waals surface area contributed by atoms with Gasteiger partial charge in [-0.1, -0.05) is 38.7 Å². The van der Waals surface area contributed by atoms with Crippen LogP contribution in [0.1, 0.15) is 65.7 Å². The summed E-state index contributed by atoms with van der Waals surface area (Å²) >= 11 is 0. The molecule has 0 aromatic rings. The molecule has 0 aliphatic carbocycles. The second-order valence-corrected chi connectivity index (χ2v) is 7.32. The van der Waals surface area contributed by atoms with Crippen molar-refractivity contribution >= 4 is 5.97 Å². The molecule has 27 heavy (non-hydrogen) atoms. The van der Waals surface area contributed by atoms with Crippen molar-refractivity contribution in [2.45, 2.75) is 65.7 Å². The van der Waals surface area contributed by atoms with Gasteiger partial charge in [-0.25, -0.2) is 0 Å². The molecule has 0 radical (unpaired) electrons. The van der Waals surface area contributed by atoms with Crippen molar-refractivity contribution in [2.24, 2.45) is 17.3 Å². The van der Waals surface area contributed by atoms with E-state index in [0.717, 1.165) is 25.7 Å². The lowest BCUT2D eigenvalue weighted by Crippen LogP contribution is -2.31. The quantitative estimate of drug-likeness (QED) is 0.144. The van der Waals surface area contributed by atoms with Crippen LogP contribution in [0, 0.1) is 28.6 Å². The normalized spacial score (nSPS) is 15.3. The number of hydrogen-bond acceptors (Lipinski definition) is 4. The topological polar surface area (TPSA) is 59.3 Å². The van der Waals surface area contributed by atoms with E-state index in [-0.39, 0.29) is 11.9 Å². The third-order valence-electron chi connectivity index (χ3n) is 4.94. The minimum Gasteiger partial charge on any atom is -0.502 e. The number of ether oxygens (including phenoxy) is 2. The van der Waals surface area contributed by atoms with Gasteiger partial charge in [-0.05, 0) is 57.8 Å². The first-order valence-electron chi connectivity index (χ1n) is 10.00. The lowest BCUT2D eigenvalue weighted by atomic mass is 9.78. The van der Waals surface area contributed by atoms with Gasteiger partial charge in [0.25, 0.3) is 0 Å². The maximum atomic E-state index is 12.5. The predicted octanol–water partition coefficient (Wildman–Crippen LogP) is 5.96. The fourth-order valence-corrected chi connectivity index (χ4v) is 2.66. The summed E-state index contributed by atoms with van der Waals surface area (Å²) in [7, 11) is 0. The van der Waals surface area contributed by atoms with E-state index < -0.39 is 5.41 Å². The molecule has 0 bridgehead atoms. The highest BCUT2D eigenvalue weighted by atomic mass is 16.5. The SMILES string of the molecule is C=COCCCCOC(=O)C(C)(CC)CC(C#N)CC=CCCC(C)C=C. The minimum atomic E-state index is -0.622. The van der Waals surface area contributed by atoms with Crippen molar-refractivity contribution in [2.75, 3.05) is 13.2 Å². The van der Waals surface area contributed by atoms with Crippen LogP contribution < -0.4 is 0 Å². The Labute approximate surface area is 165 Å². The van der Waals surface area contributed by atoms with Crippen molar-refractivity contribution < 1.29 is 14.3 Å². The summed E-state index contributed by atoms with van der Waals surface area (Å²) in [4.78, 5) is 12.5. The third kappa shape index (κ3) is 11.3. The number of rotatable bonds is 16. The van der Waals surface area contributed by atoms with Gasteiger partial charge in [0.15, 0.2) is 0 Å². The first kappa shape index (κ1) is 25.0. The summed E-state index contributed by atoms with van der Waals surface area (Å²) in [5, 5.41) is 9.47. The van der Waals surface area contributed by atoms with E-state index in [1.807, 2.05) is 19.9 Å². The summed E-state index contributed by atoms with van der Waals surface area (Å²) in [6.07, 6.45) is 13.0. The molecule has 0 aromatic heterocycles. The van der Waals surface area contributed by atoms with Crippen LogP contribution in [-0.4, -0.2) is 19.2 Å². The average Bonchev–Trinajstić information content (AvgIpc) is 2.68. The fourth-order valence-electron chi connectivity index (χ4n) is 2.66. The van der Waals surface area contributed by atoms with E-state index in [2.05, 4.69) is 38.3 Å². The van der Waals surface area contributed by atoms with E-state index >= 15 is 0 Å². The number of esters is 1.